The molecule has 5 heteroatoms. The van der Waals surface area contributed by atoms with Crippen molar-refractivity contribution in [3.8, 4) is 0 Å². The van der Waals surface area contributed by atoms with Gasteiger partial charge < -0.3 is 10.4 Å². The lowest BCUT2D eigenvalue weighted by molar-refractivity contribution is -0.142. The summed E-state index contributed by atoms with van der Waals surface area (Å²) in [4.78, 5) is 26.8. The standard InChI is InChI=1S/C13H18N2O3/c1-8(2)11(13(17)18)7-15-12(16)10-5-4-9(3)14-6-10/h4-6,8,11H,7H2,1-3H3,(H,15,16)(H,17,18). The summed E-state index contributed by atoms with van der Waals surface area (Å²) >= 11 is 0. The number of hydrogen-bond acceptors (Lipinski definition) is 3. The van der Waals surface area contributed by atoms with Crippen molar-refractivity contribution in [1.29, 1.82) is 0 Å². The van der Waals surface area contributed by atoms with Gasteiger partial charge in [-0.3, -0.25) is 14.6 Å². The molecule has 0 radical (unpaired) electrons. The van der Waals surface area contributed by atoms with Crippen LogP contribution in [0.2, 0.25) is 0 Å². The Morgan fingerprint density at radius 3 is 2.50 bits per heavy atom. The number of rotatable bonds is 5. The summed E-state index contributed by atoms with van der Waals surface area (Å²) in [6.45, 7) is 5.59. The van der Waals surface area contributed by atoms with E-state index in [1.807, 2.05) is 20.8 Å². The Kier molecular flexibility index (Phi) is 4.83. The van der Waals surface area contributed by atoms with Gasteiger partial charge in [-0.1, -0.05) is 13.8 Å². The van der Waals surface area contributed by atoms with Gasteiger partial charge >= 0.3 is 5.97 Å². The molecule has 1 aromatic heterocycles. The van der Waals surface area contributed by atoms with Crippen molar-refractivity contribution >= 4 is 11.9 Å². The highest BCUT2D eigenvalue weighted by molar-refractivity contribution is 5.94. The SMILES string of the molecule is Cc1ccc(C(=O)NCC(C(=O)O)C(C)C)cn1. The highest BCUT2D eigenvalue weighted by atomic mass is 16.4. The van der Waals surface area contributed by atoms with E-state index < -0.39 is 11.9 Å². The van der Waals surface area contributed by atoms with Crippen LogP contribution < -0.4 is 5.32 Å². The second kappa shape index (κ2) is 6.14. The van der Waals surface area contributed by atoms with Crippen molar-refractivity contribution in [1.82, 2.24) is 10.3 Å². The van der Waals surface area contributed by atoms with Crippen LogP contribution >= 0.6 is 0 Å². The van der Waals surface area contributed by atoms with E-state index in [2.05, 4.69) is 10.3 Å². The minimum absolute atomic E-state index is 0.0288. The van der Waals surface area contributed by atoms with Gasteiger partial charge in [0.25, 0.3) is 5.91 Å². The first-order chi connectivity index (χ1) is 8.41. The minimum atomic E-state index is -0.896. The molecule has 1 atom stereocenters. The highest BCUT2D eigenvalue weighted by Gasteiger charge is 2.22. The first-order valence-electron chi connectivity index (χ1n) is 5.85. The molecular formula is C13H18N2O3. The molecule has 1 aromatic rings. The third kappa shape index (κ3) is 3.84. The van der Waals surface area contributed by atoms with Gasteiger partial charge in [-0.2, -0.15) is 0 Å². The molecule has 0 bridgehead atoms. The van der Waals surface area contributed by atoms with Crippen LogP contribution in [0.25, 0.3) is 0 Å². The zero-order chi connectivity index (χ0) is 13.7. The summed E-state index contributed by atoms with van der Waals surface area (Å²) in [5.41, 5.74) is 1.27. The second-order valence-corrected chi connectivity index (χ2v) is 4.59. The largest absolute Gasteiger partial charge is 0.481 e. The van der Waals surface area contributed by atoms with Gasteiger partial charge in [0.1, 0.15) is 0 Å². The van der Waals surface area contributed by atoms with Gasteiger partial charge in [0, 0.05) is 18.4 Å². The number of nitrogens with zero attached hydrogens (tertiary/aromatic N) is 1. The lowest BCUT2D eigenvalue weighted by Gasteiger charge is -2.16. The van der Waals surface area contributed by atoms with Gasteiger partial charge in [0.2, 0.25) is 0 Å². The van der Waals surface area contributed by atoms with E-state index in [0.29, 0.717) is 5.56 Å². The highest BCUT2D eigenvalue weighted by Crippen LogP contribution is 2.10. The number of carboxylic acid groups (broad SMARTS) is 1. The lowest BCUT2D eigenvalue weighted by atomic mass is 9.96. The molecule has 0 aromatic carbocycles. The monoisotopic (exact) mass is 250 g/mol. The van der Waals surface area contributed by atoms with Crippen LogP contribution in [0.4, 0.5) is 0 Å². The van der Waals surface area contributed by atoms with Crippen molar-refractivity contribution in [2.24, 2.45) is 11.8 Å². The smallest absolute Gasteiger partial charge is 0.308 e. The number of aliphatic carboxylic acids is 1. The molecule has 1 heterocycles. The predicted octanol–water partition coefficient (Wildman–Crippen LogP) is 1.48. The summed E-state index contributed by atoms with van der Waals surface area (Å²) in [6.07, 6.45) is 1.48. The Morgan fingerprint density at radius 1 is 1.39 bits per heavy atom. The maximum Gasteiger partial charge on any atom is 0.308 e. The zero-order valence-electron chi connectivity index (χ0n) is 10.8. The van der Waals surface area contributed by atoms with Crippen LogP contribution in [0.5, 0.6) is 0 Å². The number of carbonyl (C=O) groups is 2. The molecule has 1 rings (SSSR count). The number of aromatic nitrogens is 1. The third-order valence-corrected chi connectivity index (χ3v) is 2.78. The molecule has 0 saturated carbocycles. The normalized spacial score (nSPS) is 12.2. The summed E-state index contributed by atoms with van der Waals surface area (Å²) < 4.78 is 0. The summed E-state index contributed by atoms with van der Waals surface area (Å²) in [5, 5.41) is 11.6. The Balaban J connectivity index is 2.60. The van der Waals surface area contributed by atoms with Crippen molar-refractivity contribution in [3.05, 3.63) is 29.6 Å². The van der Waals surface area contributed by atoms with E-state index >= 15 is 0 Å². The summed E-state index contributed by atoms with van der Waals surface area (Å²) in [7, 11) is 0. The summed E-state index contributed by atoms with van der Waals surface area (Å²) in [5.74, 6) is -1.80. The van der Waals surface area contributed by atoms with Crippen molar-refractivity contribution in [3.63, 3.8) is 0 Å². The average molecular weight is 250 g/mol. The van der Waals surface area contributed by atoms with E-state index in [0.717, 1.165) is 5.69 Å². The number of amides is 1. The lowest BCUT2D eigenvalue weighted by Crippen LogP contribution is -2.35. The molecule has 0 aliphatic heterocycles. The predicted molar refractivity (Wildman–Crippen MR) is 67.3 cm³/mol. The number of carboxylic acids is 1. The molecule has 0 fully saturated rings. The number of nitrogens with one attached hydrogen (secondary N) is 1. The first kappa shape index (κ1) is 14.2. The fraction of sp³-hybridized carbons (Fsp3) is 0.462. The van der Waals surface area contributed by atoms with Crippen LogP contribution in [0.1, 0.15) is 29.9 Å². The first-order valence-corrected chi connectivity index (χ1v) is 5.85. The molecule has 0 aliphatic carbocycles. The van der Waals surface area contributed by atoms with Gasteiger partial charge in [0.15, 0.2) is 0 Å². The Labute approximate surface area is 106 Å². The summed E-state index contributed by atoms with van der Waals surface area (Å²) in [6, 6.07) is 3.41. The fourth-order valence-electron chi connectivity index (χ4n) is 1.52. The van der Waals surface area contributed by atoms with Crippen LogP contribution in [0.15, 0.2) is 18.3 Å². The molecule has 1 amide bonds. The van der Waals surface area contributed by atoms with Crippen LogP contribution in [-0.4, -0.2) is 28.5 Å². The maximum atomic E-state index is 11.8. The van der Waals surface area contributed by atoms with E-state index in [1.165, 1.54) is 6.20 Å². The molecule has 0 saturated heterocycles. The van der Waals surface area contributed by atoms with Crippen LogP contribution in [0.3, 0.4) is 0 Å². The average Bonchev–Trinajstić information content (AvgIpc) is 2.28. The van der Waals surface area contributed by atoms with Crippen molar-refractivity contribution in [2.75, 3.05) is 6.54 Å². The number of aryl methyl sites for hydroxylation is 1. The molecule has 0 spiro atoms. The van der Waals surface area contributed by atoms with Gasteiger partial charge in [-0.05, 0) is 25.0 Å². The Hall–Kier alpha value is -1.91. The van der Waals surface area contributed by atoms with Crippen LogP contribution in [0, 0.1) is 18.8 Å². The molecular weight excluding hydrogens is 232 g/mol. The molecule has 98 valence electrons. The Morgan fingerprint density at radius 2 is 2.06 bits per heavy atom. The number of pyridine rings is 1. The van der Waals surface area contributed by atoms with E-state index in [9.17, 15) is 9.59 Å². The van der Waals surface area contributed by atoms with Gasteiger partial charge in [0.05, 0.1) is 11.5 Å². The molecule has 18 heavy (non-hydrogen) atoms. The van der Waals surface area contributed by atoms with E-state index in [4.69, 9.17) is 5.11 Å². The van der Waals surface area contributed by atoms with Crippen LogP contribution in [-0.2, 0) is 4.79 Å². The van der Waals surface area contributed by atoms with E-state index in [1.54, 1.807) is 12.1 Å². The molecule has 2 N–H and O–H groups in total. The molecule has 1 unspecified atom stereocenters. The molecule has 5 nitrogen and oxygen atoms in total. The maximum absolute atomic E-state index is 11.8. The minimum Gasteiger partial charge on any atom is -0.481 e. The number of carbonyl (C=O) groups excluding carboxylic acids is 1. The molecule has 0 aliphatic rings. The third-order valence-electron chi connectivity index (χ3n) is 2.78. The van der Waals surface area contributed by atoms with Gasteiger partial charge in [-0.15, -0.1) is 0 Å². The second-order valence-electron chi connectivity index (χ2n) is 4.59. The van der Waals surface area contributed by atoms with E-state index in [-0.39, 0.29) is 18.4 Å². The van der Waals surface area contributed by atoms with Crippen molar-refractivity contribution < 1.29 is 14.7 Å². The quantitative estimate of drug-likeness (QED) is 0.829. The topological polar surface area (TPSA) is 79.3 Å². The number of hydrogen-bond donors (Lipinski definition) is 2. The Bertz CT molecular complexity index is 426. The van der Waals surface area contributed by atoms with Crippen molar-refractivity contribution in [2.45, 2.75) is 20.8 Å². The van der Waals surface area contributed by atoms with Gasteiger partial charge in [-0.25, -0.2) is 0 Å². The zero-order valence-corrected chi connectivity index (χ0v) is 10.8. The fourth-order valence-corrected chi connectivity index (χ4v) is 1.52.